The third-order valence-electron chi connectivity index (χ3n) is 5.72. The molecule has 2 aromatic rings. The summed E-state index contributed by atoms with van der Waals surface area (Å²) >= 11 is 5.90. The van der Waals surface area contributed by atoms with Crippen molar-refractivity contribution in [1.82, 2.24) is 19.7 Å². The van der Waals surface area contributed by atoms with Crippen molar-refractivity contribution in [3.63, 3.8) is 0 Å². The Labute approximate surface area is 181 Å². The Morgan fingerprint density at radius 3 is 2.13 bits per heavy atom. The molecule has 2 fully saturated rings. The van der Waals surface area contributed by atoms with Gasteiger partial charge >= 0.3 is 0 Å². The van der Waals surface area contributed by atoms with Crippen LogP contribution in [0.5, 0.6) is 0 Å². The van der Waals surface area contributed by atoms with E-state index in [9.17, 15) is 9.59 Å². The van der Waals surface area contributed by atoms with Crippen molar-refractivity contribution in [3.8, 4) is 0 Å². The summed E-state index contributed by atoms with van der Waals surface area (Å²) in [6.07, 6.45) is 1.80. The second-order valence-corrected chi connectivity index (χ2v) is 8.07. The van der Waals surface area contributed by atoms with Gasteiger partial charge in [0.05, 0.1) is 6.54 Å². The smallest absolute Gasteiger partial charge is 0.253 e. The van der Waals surface area contributed by atoms with E-state index in [1.807, 2.05) is 28.0 Å². The van der Waals surface area contributed by atoms with Gasteiger partial charge in [-0.3, -0.25) is 14.5 Å². The van der Waals surface area contributed by atoms with Gasteiger partial charge in [-0.05, 0) is 36.4 Å². The maximum absolute atomic E-state index is 12.7. The summed E-state index contributed by atoms with van der Waals surface area (Å²) in [5, 5.41) is 0.621. The first kappa shape index (κ1) is 20.6. The minimum Gasteiger partial charge on any atom is -0.353 e. The number of carbonyl (C=O) groups excluding carboxylic acids is 2. The average Bonchev–Trinajstić information content (AvgIpc) is 2.80. The zero-order valence-corrected chi connectivity index (χ0v) is 17.7. The molecule has 0 aliphatic carbocycles. The molecule has 1 aromatic heterocycles. The Morgan fingerprint density at radius 1 is 0.833 bits per heavy atom. The van der Waals surface area contributed by atoms with E-state index in [1.54, 1.807) is 30.5 Å². The SMILES string of the molecule is O=C(CN1CCN(C(=O)c2ccc(Cl)cc2)CC1)N1CCN(c2ccccn2)CC1. The monoisotopic (exact) mass is 427 g/mol. The third kappa shape index (κ3) is 4.91. The minimum absolute atomic E-state index is 0.0169. The van der Waals surface area contributed by atoms with E-state index >= 15 is 0 Å². The molecule has 2 saturated heterocycles. The number of hydrogen-bond acceptors (Lipinski definition) is 5. The maximum Gasteiger partial charge on any atom is 0.253 e. The molecule has 0 atom stereocenters. The van der Waals surface area contributed by atoms with Gasteiger partial charge in [0.15, 0.2) is 0 Å². The molecule has 0 unspecified atom stereocenters. The van der Waals surface area contributed by atoms with Gasteiger partial charge in [-0.15, -0.1) is 0 Å². The van der Waals surface area contributed by atoms with Crippen molar-refractivity contribution in [2.75, 3.05) is 63.8 Å². The van der Waals surface area contributed by atoms with Gasteiger partial charge in [-0.25, -0.2) is 4.98 Å². The molecule has 3 heterocycles. The van der Waals surface area contributed by atoms with E-state index in [0.717, 1.165) is 18.9 Å². The van der Waals surface area contributed by atoms with Crippen LogP contribution in [0, 0.1) is 0 Å². The highest BCUT2D eigenvalue weighted by Gasteiger charge is 2.26. The number of piperazine rings is 2. The molecule has 0 spiro atoms. The summed E-state index contributed by atoms with van der Waals surface area (Å²) in [5.74, 6) is 1.14. The minimum atomic E-state index is 0.0169. The molecule has 1 aromatic carbocycles. The highest BCUT2D eigenvalue weighted by atomic mass is 35.5. The Balaban J connectivity index is 1.22. The quantitative estimate of drug-likeness (QED) is 0.745. The number of carbonyl (C=O) groups is 2. The van der Waals surface area contributed by atoms with E-state index < -0.39 is 0 Å². The fraction of sp³-hybridized carbons (Fsp3) is 0.409. The van der Waals surface area contributed by atoms with Crippen LogP contribution in [0.2, 0.25) is 5.02 Å². The summed E-state index contributed by atoms with van der Waals surface area (Å²) in [6, 6.07) is 12.9. The van der Waals surface area contributed by atoms with Crippen molar-refractivity contribution in [3.05, 3.63) is 59.2 Å². The summed E-state index contributed by atoms with van der Waals surface area (Å²) in [5.41, 5.74) is 0.648. The zero-order valence-electron chi connectivity index (χ0n) is 16.9. The summed E-state index contributed by atoms with van der Waals surface area (Å²) in [7, 11) is 0. The van der Waals surface area contributed by atoms with Gasteiger partial charge in [0.25, 0.3) is 5.91 Å². The van der Waals surface area contributed by atoms with Crippen molar-refractivity contribution >= 4 is 29.2 Å². The highest BCUT2D eigenvalue weighted by Crippen LogP contribution is 2.15. The number of nitrogens with zero attached hydrogens (tertiary/aromatic N) is 5. The molecule has 4 rings (SSSR count). The lowest BCUT2D eigenvalue weighted by atomic mass is 10.2. The average molecular weight is 428 g/mol. The molecule has 0 radical (unpaired) electrons. The standard InChI is InChI=1S/C22H26ClN5O2/c23-19-6-4-18(5-7-19)22(30)28-11-9-25(10-12-28)17-21(29)27-15-13-26(14-16-27)20-3-1-2-8-24-20/h1-8H,9-17H2. The lowest BCUT2D eigenvalue weighted by molar-refractivity contribution is -0.133. The van der Waals surface area contributed by atoms with E-state index in [1.165, 1.54) is 0 Å². The summed E-state index contributed by atoms with van der Waals surface area (Å²) in [4.78, 5) is 37.9. The van der Waals surface area contributed by atoms with Crippen LogP contribution in [0.3, 0.4) is 0 Å². The second-order valence-electron chi connectivity index (χ2n) is 7.63. The number of benzene rings is 1. The summed E-state index contributed by atoms with van der Waals surface area (Å²) in [6.45, 7) is 6.10. The first-order valence-corrected chi connectivity index (χ1v) is 10.7. The van der Waals surface area contributed by atoms with Crippen molar-refractivity contribution in [1.29, 1.82) is 0 Å². The molecule has 0 saturated carbocycles. The number of halogens is 1. The van der Waals surface area contributed by atoms with Gasteiger partial charge in [0.2, 0.25) is 5.91 Å². The van der Waals surface area contributed by atoms with E-state index in [-0.39, 0.29) is 11.8 Å². The lowest BCUT2D eigenvalue weighted by Crippen LogP contribution is -2.54. The van der Waals surface area contributed by atoms with E-state index in [0.29, 0.717) is 56.4 Å². The first-order chi connectivity index (χ1) is 14.6. The Morgan fingerprint density at radius 2 is 1.50 bits per heavy atom. The number of pyridine rings is 1. The number of anilines is 1. The topological polar surface area (TPSA) is 60.0 Å². The van der Waals surface area contributed by atoms with Gasteiger partial charge in [-0.2, -0.15) is 0 Å². The number of rotatable bonds is 4. The van der Waals surface area contributed by atoms with Crippen LogP contribution < -0.4 is 4.90 Å². The van der Waals surface area contributed by atoms with Crippen LogP contribution in [-0.2, 0) is 4.79 Å². The van der Waals surface area contributed by atoms with E-state index in [4.69, 9.17) is 11.6 Å². The maximum atomic E-state index is 12.7. The number of hydrogen-bond donors (Lipinski definition) is 0. The molecule has 2 aliphatic rings. The Hall–Kier alpha value is -2.64. The molecular weight excluding hydrogens is 402 g/mol. The fourth-order valence-electron chi connectivity index (χ4n) is 3.90. The Kier molecular flexibility index (Phi) is 6.50. The van der Waals surface area contributed by atoms with Crippen LogP contribution in [0.4, 0.5) is 5.82 Å². The van der Waals surface area contributed by atoms with E-state index in [2.05, 4.69) is 14.8 Å². The predicted octanol–water partition coefficient (Wildman–Crippen LogP) is 1.84. The third-order valence-corrected chi connectivity index (χ3v) is 5.97. The molecule has 7 nitrogen and oxygen atoms in total. The molecule has 158 valence electrons. The molecule has 30 heavy (non-hydrogen) atoms. The molecule has 2 amide bonds. The number of aromatic nitrogens is 1. The largest absolute Gasteiger partial charge is 0.353 e. The molecular formula is C22H26ClN5O2. The van der Waals surface area contributed by atoms with Crippen molar-refractivity contribution in [2.24, 2.45) is 0 Å². The van der Waals surface area contributed by atoms with Gasteiger partial charge < -0.3 is 14.7 Å². The van der Waals surface area contributed by atoms with Gasteiger partial charge in [0, 0.05) is 69.1 Å². The fourth-order valence-corrected chi connectivity index (χ4v) is 4.03. The lowest BCUT2D eigenvalue weighted by Gasteiger charge is -2.38. The predicted molar refractivity (Wildman–Crippen MR) is 117 cm³/mol. The van der Waals surface area contributed by atoms with Crippen LogP contribution >= 0.6 is 11.6 Å². The van der Waals surface area contributed by atoms with Crippen molar-refractivity contribution in [2.45, 2.75) is 0 Å². The molecule has 0 N–H and O–H groups in total. The van der Waals surface area contributed by atoms with Crippen LogP contribution in [0.1, 0.15) is 10.4 Å². The Bertz CT molecular complexity index is 861. The normalized spacial score (nSPS) is 17.8. The molecule has 0 bridgehead atoms. The highest BCUT2D eigenvalue weighted by molar-refractivity contribution is 6.30. The molecule has 8 heteroatoms. The zero-order chi connectivity index (χ0) is 20.9. The van der Waals surface area contributed by atoms with Crippen LogP contribution in [0.25, 0.3) is 0 Å². The van der Waals surface area contributed by atoms with Crippen LogP contribution in [0.15, 0.2) is 48.7 Å². The van der Waals surface area contributed by atoms with Gasteiger partial charge in [0.1, 0.15) is 5.82 Å². The van der Waals surface area contributed by atoms with Crippen LogP contribution in [-0.4, -0.2) is 90.4 Å². The molecule has 2 aliphatic heterocycles. The van der Waals surface area contributed by atoms with Gasteiger partial charge in [-0.1, -0.05) is 17.7 Å². The summed E-state index contributed by atoms with van der Waals surface area (Å²) < 4.78 is 0. The first-order valence-electron chi connectivity index (χ1n) is 10.3. The second kappa shape index (κ2) is 9.45. The van der Waals surface area contributed by atoms with Crippen molar-refractivity contribution < 1.29 is 9.59 Å². The number of amides is 2.